The van der Waals surface area contributed by atoms with Gasteiger partial charge in [0.05, 0.1) is 10.6 Å². The van der Waals surface area contributed by atoms with Crippen molar-refractivity contribution in [2.75, 3.05) is 12.3 Å². The SMILES string of the molecule is O=C(NCCc1ccccc1)C1CSC(c2cccs2)N1C(=O)c1ccccc1Cl. The van der Waals surface area contributed by atoms with Crippen LogP contribution >= 0.6 is 34.7 Å². The Labute approximate surface area is 189 Å². The molecule has 154 valence electrons. The number of halogens is 1. The number of amides is 2. The highest BCUT2D eigenvalue weighted by atomic mass is 35.5. The summed E-state index contributed by atoms with van der Waals surface area (Å²) in [5.41, 5.74) is 1.59. The van der Waals surface area contributed by atoms with Gasteiger partial charge in [-0.05, 0) is 35.6 Å². The number of thiophene rings is 1. The molecular weight excluding hydrogens is 436 g/mol. The van der Waals surface area contributed by atoms with Gasteiger partial charge < -0.3 is 10.2 Å². The lowest BCUT2D eigenvalue weighted by atomic mass is 10.1. The van der Waals surface area contributed by atoms with Crippen LogP contribution in [-0.2, 0) is 11.2 Å². The predicted octanol–water partition coefficient (Wildman–Crippen LogP) is 5.02. The first-order valence-electron chi connectivity index (χ1n) is 9.69. The monoisotopic (exact) mass is 456 g/mol. The third-order valence-corrected chi connectivity index (χ3v) is 7.69. The van der Waals surface area contributed by atoms with Crippen molar-refractivity contribution in [1.29, 1.82) is 0 Å². The van der Waals surface area contributed by atoms with Crippen molar-refractivity contribution < 1.29 is 9.59 Å². The van der Waals surface area contributed by atoms with E-state index in [9.17, 15) is 9.59 Å². The average molecular weight is 457 g/mol. The summed E-state index contributed by atoms with van der Waals surface area (Å²) in [5.74, 6) is 0.209. The summed E-state index contributed by atoms with van der Waals surface area (Å²) >= 11 is 9.50. The van der Waals surface area contributed by atoms with Crippen LogP contribution < -0.4 is 5.32 Å². The highest BCUT2D eigenvalue weighted by Crippen LogP contribution is 2.44. The van der Waals surface area contributed by atoms with Gasteiger partial charge in [0.15, 0.2) is 0 Å². The molecule has 2 unspecified atom stereocenters. The minimum absolute atomic E-state index is 0.127. The van der Waals surface area contributed by atoms with Gasteiger partial charge in [-0.3, -0.25) is 9.59 Å². The molecule has 0 spiro atoms. The fourth-order valence-electron chi connectivity index (χ4n) is 3.47. The normalized spacial score (nSPS) is 18.4. The van der Waals surface area contributed by atoms with Crippen molar-refractivity contribution in [3.8, 4) is 0 Å². The number of benzene rings is 2. The van der Waals surface area contributed by atoms with E-state index in [0.29, 0.717) is 22.9 Å². The maximum atomic E-state index is 13.4. The van der Waals surface area contributed by atoms with Gasteiger partial charge in [0.25, 0.3) is 5.91 Å². The fourth-order valence-corrected chi connectivity index (χ4v) is 6.09. The van der Waals surface area contributed by atoms with Gasteiger partial charge in [-0.25, -0.2) is 0 Å². The van der Waals surface area contributed by atoms with Crippen molar-refractivity contribution in [3.63, 3.8) is 0 Å². The molecule has 1 aromatic heterocycles. The summed E-state index contributed by atoms with van der Waals surface area (Å²) < 4.78 is 0. The number of nitrogens with zero attached hydrogens (tertiary/aromatic N) is 1. The van der Waals surface area contributed by atoms with E-state index in [1.54, 1.807) is 52.3 Å². The standard InChI is InChI=1S/C23H21ClN2O2S2/c24-18-10-5-4-9-17(18)22(28)26-19(15-30-23(26)20-11-6-14-29-20)21(27)25-13-12-16-7-2-1-3-8-16/h1-11,14,19,23H,12-13,15H2,(H,25,27). The van der Waals surface area contributed by atoms with Crippen molar-refractivity contribution in [1.82, 2.24) is 10.2 Å². The molecule has 1 aliphatic heterocycles. The second kappa shape index (κ2) is 9.69. The van der Waals surface area contributed by atoms with E-state index in [1.807, 2.05) is 47.8 Å². The Kier molecular flexibility index (Phi) is 6.77. The smallest absolute Gasteiger partial charge is 0.257 e. The minimum atomic E-state index is -0.540. The molecule has 0 radical (unpaired) electrons. The molecule has 7 heteroatoms. The quantitative estimate of drug-likeness (QED) is 0.566. The third kappa shape index (κ3) is 4.56. The first kappa shape index (κ1) is 21.0. The average Bonchev–Trinajstić information content (AvgIpc) is 3.44. The van der Waals surface area contributed by atoms with E-state index in [1.165, 1.54) is 5.56 Å². The lowest BCUT2D eigenvalue weighted by molar-refractivity contribution is -0.124. The van der Waals surface area contributed by atoms with Crippen LogP contribution in [-0.4, -0.2) is 35.1 Å². The highest BCUT2D eigenvalue weighted by Gasteiger charge is 2.43. The van der Waals surface area contributed by atoms with E-state index in [4.69, 9.17) is 11.6 Å². The summed E-state index contributed by atoms with van der Waals surface area (Å²) in [6.45, 7) is 0.530. The maximum absolute atomic E-state index is 13.4. The summed E-state index contributed by atoms with van der Waals surface area (Å²) in [4.78, 5) is 29.2. The predicted molar refractivity (Wildman–Crippen MR) is 124 cm³/mol. The van der Waals surface area contributed by atoms with Crippen LogP contribution in [0.15, 0.2) is 72.1 Å². The maximum Gasteiger partial charge on any atom is 0.257 e. The number of carbonyl (C=O) groups is 2. The van der Waals surface area contributed by atoms with E-state index in [2.05, 4.69) is 5.32 Å². The number of rotatable bonds is 6. The van der Waals surface area contributed by atoms with Gasteiger partial charge in [0.2, 0.25) is 5.91 Å². The molecule has 2 aromatic carbocycles. The molecule has 4 rings (SSSR count). The molecule has 0 saturated carbocycles. The van der Waals surface area contributed by atoms with Crippen LogP contribution in [0.3, 0.4) is 0 Å². The van der Waals surface area contributed by atoms with Crippen molar-refractivity contribution in [2.24, 2.45) is 0 Å². The number of nitrogens with one attached hydrogen (secondary N) is 1. The Morgan fingerprint density at radius 1 is 1.03 bits per heavy atom. The number of hydrogen-bond acceptors (Lipinski definition) is 4. The lowest BCUT2D eigenvalue weighted by Crippen LogP contribution is -2.48. The van der Waals surface area contributed by atoms with Crippen molar-refractivity contribution in [2.45, 2.75) is 17.8 Å². The number of carbonyl (C=O) groups excluding carboxylic acids is 2. The molecule has 2 heterocycles. The van der Waals surface area contributed by atoms with Crippen LogP contribution in [0, 0.1) is 0 Å². The Hall–Kier alpha value is -2.28. The van der Waals surface area contributed by atoms with Crippen LogP contribution in [0.4, 0.5) is 0 Å². The summed E-state index contributed by atoms with van der Waals surface area (Å²) in [6, 6.07) is 20.4. The van der Waals surface area contributed by atoms with Gasteiger partial charge in [0, 0.05) is 17.2 Å². The molecule has 3 aromatic rings. The molecule has 1 aliphatic rings. The van der Waals surface area contributed by atoms with Crippen LogP contribution in [0.5, 0.6) is 0 Å². The highest BCUT2D eigenvalue weighted by molar-refractivity contribution is 7.99. The molecular formula is C23H21ClN2O2S2. The zero-order chi connectivity index (χ0) is 20.9. The second-order valence-corrected chi connectivity index (χ2v) is 9.44. The van der Waals surface area contributed by atoms with Crippen molar-refractivity contribution >= 4 is 46.5 Å². The summed E-state index contributed by atoms with van der Waals surface area (Å²) in [6.07, 6.45) is 0.749. The van der Waals surface area contributed by atoms with Gasteiger partial charge in [-0.15, -0.1) is 23.1 Å². The number of hydrogen-bond donors (Lipinski definition) is 1. The van der Waals surface area contributed by atoms with Crippen LogP contribution in [0.25, 0.3) is 0 Å². The van der Waals surface area contributed by atoms with Crippen molar-refractivity contribution in [3.05, 3.63) is 93.1 Å². The number of thioether (sulfide) groups is 1. The van der Waals surface area contributed by atoms with E-state index in [0.717, 1.165) is 11.3 Å². The zero-order valence-electron chi connectivity index (χ0n) is 16.2. The minimum Gasteiger partial charge on any atom is -0.354 e. The first-order chi connectivity index (χ1) is 14.6. The van der Waals surface area contributed by atoms with Crippen LogP contribution in [0.1, 0.15) is 26.2 Å². The van der Waals surface area contributed by atoms with Gasteiger partial charge in [-0.2, -0.15) is 0 Å². The van der Waals surface area contributed by atoms with Gasteiger partial charge >= 0.3 is 0 Å². The van der Waals surface area contributed by atoms with E-state index in [-0.39, 0.29) is 17.2 Å². The molecule has 0 aliphatic carbocycles. The molecule has 1 saturated heterocycles. The second-order valence-electron chi connectivity index (χ2n) is 6.94. The van der Waals surface area contributed by atoms with Gasteiger partial charge in [0.1, 0.15) is 11.4 Å². The summed E-state index contributed by atoms with van der Waals surface area (Å²) in [7, 11) is 0. The van der Waals surface area contributed by atoms with E-state index < -0.39 is 6.04 Å². The molecule has 1 N–H and O–H groups in total. The van der Waals surface area contributed by atoms with Crippen LogP contribution in [0.2, 0.25) is 5.02 Å². The third-order valence-electron chi connectivity index (χ3n) is 4.98. The lowest BCUT2D eigenvalue weighted by Gasteiger charge is -2.28. The van der Waals surface area contributed by atoms with E-state index >= 15 is 0 Å². The van der Waals surface area contributed by atoms with Gasteiger partial charge in [-0.1, -0.05) is 60.1 Å². The Morgan fingerprint density at radius 3 is 2.53 bits per heavy atom. The molecule has 4 nitrogen and oxygen atoms in total. The molecule has 2 atom stereocenters. The Bertz CT molecular complexity index is 1010. The largest absolute Gasteiger partial charge is 0.354 e. The molecule has 30 heavy (non-hydrogen) atoms. The Morgan fingerprint density at radius 2 is 1.80 bits per heavy atom. The molecule has 0 bridgehead atoms. The summed E-state index contributed by atoms with van der Waals surface area (Å²) in [5, 5.41) is 5.20. The topological polar surface area (TPSA) is 49.4 Å². The zero-order valence-corrected chi connectivity index (χ0v) is 18.6. The first-order valence-corrected chi connectivity index (χ1v) is 12.0. The molecule has 2 amide bonds. The Balaban J connectivity index is 1.52. The fraction of sp³-hybridized carbons (Fsp3) is 0.217. The molecule has 1 fully saturated rings.